The molecule has 0 bridgehead atoms. The molecule has 2 aromatic heterocycles. The van der Waals surface area contributed by atoms with E-state index < -0.39 is 5.97 Å². The number of piperidine rings is 1. The molecule has 0 aromatic carbocycles. The van der Waals surface area contributed by atoms with Crippen LogP contribution in [0.25, 0.3) is 5.52 Å². The second kappa shape index (κ2) is 6.13. The molecule has 3 heterocycles. The average Bonchev–Trinajstić information content (AvgIpc) is 2.96. The van der Waals surface area contributed by atoms with E-state index in [0.29, 0.717) is 24.0 Å². The summed E-state index contributed by atoms with van der Waals surface area (Å²) in [6, 6.07) is 3.57. The van der Waals surface area contributed by atoms with E-state index in [9.17, 15) is 9.59 Å². The topological polar surface area (TPSA) is 87.8 Å². The van der Waals surface area contributed by atoms with Gasteiger partial charge in [0, 0.05) is 25.2 Å². The molecule has 0 radical (unpaired) electrons. The van der Waals surface area contributed by atoms with Gasteiger partial charge in [-0.3, -0.25) is 9.59 Å². The Balaban J connectivity index is 1.83. The van der Waals surface area contributed by atoms with Crippen molar-refractivity contribution in [1.82, 2.24) is 19.7 Å². The van der Waals surface area contributed by atoms with Gasteiger partial charge in [0.2, 0.25) is 0 Å². The average molecular weight is 302 g/mol. The van der Waals surface area contributed by atoms with Gasteiger partial charge in [-0.25, -0.2) is 0 Å². The number of carboxylic acids is 1. The van der Waals surface area contributed by atoms with Crippen LogP contribution in [0.15, 0.2) is 24.5 Å². The molecular formula is C15H18N4O3. The lowest BCUT2D eigenvalue weighted by molar-refractivity contribution is -0.137. The molecule has 1 fully saturated rings. The Kier molecular flexibility index (Phi) is 4.04. The number of amides is 1. The number of rotatable bonds is 4. The molecule has 1 unspecified atom stereocenters. The molecule has 0 aliphatic carbocycles. The van der Waals surface area contributed by atoms with E-state index in [2.05, 4.69) is 10.2 Å². The van der Waals surface area contributed by atoms with Crippen LogP contribution >= 0.6 is 0 Å². The van der Waals surface area contributed by atoms with Crippen LogP contribution in [-0.2, 0) is 4.79 Å². The van der Waals surface area contributed by atoms with Crippen molar-refractivity contribution in [2.75, 3.05) is 6.54 Å². The van der Waals surface area contributed by atoms with Crippen molar-refractivity contribution in [3.05, 3.63) is 30.1 Å². The Hall–Kier alpha value is -2.44. The summed E-state index contributed by atoms with van der Waals surface area (Å²) in [7, 11) is 0. The summed E-state index contributed by atoms with van der Waals surface area (Å²) in [6.45, 7) is 0.667. The van der Waals surface area contributed by atoms with Crippen LogP contribution in [-0.4, -0.2) is 49.3 Å². The number of carboxylic acid groups (broad SMARTS) is 1. The molecule has 116 valence electrons. The maximum Gasteiger partial charge on any atom is 0.303 e. The first-order valence-electron chi connectivity index (χ1n) is 7.48. The summed E-state index contributed by atoms with van der Waals surface area (Å²) in [5.41, 5.74) is 1.20. The van der Waals surface area contributed by atoms with E-state index >= 15 is 0 Å². The quantitative estimate of drug-likeness (QED) is 0.926. The van der Waals surface area contributed by atoms with E-state index in [1.165, 1.54) is 10.8 Å². The van der Waals surface area contributed by atoms with E-state index in [1.54, 1.807) is 17.2 Å². The van der Waals surface area contributed by atoms with Gasteiger partial charge in [-0.15, -0.1) is 0 Å². The molecule has 1 N–H and O–H groups in total. The zero-order valence-electron chi connectivity index (χ0n) is 12.2. The van der Waals surface area contributed by atoms with Crippen molar-refractivity contribution >= 4 is 17.4 Å². The standard InChI is InChI=1S/C15H18N4O3/c20-14(21)7-6-11-4-1-2-9-18(11)15(22)12-10-17-19-13(12)5-3-8-16-19/h3,5,8,10-11H,1-2,4,6-7,9H2,(H,20,21). The number of aromatic nitrogens is 3. The number of likely N-dealkylation sites (tertiary alicyclic amines) is 1. The molecule has 1 amide bonds. The number of hydrogen-bond acceptors (Lipinski definition) is 4. The van der Waals surface area contributed by atoms with Crippen molar-refractivity contribution in [2.45, 2.75) is 38.1 Å². The number of nitrogens with zero attached hydrogens (tertiary/aromatic N) is 4. The predicted octanol–water partition coefficient (Wildman–Crippen LogP) is 1.59. The first-order chi connectivity index (χ1) is 10.7. The van der Waals surface area contributed by atoms with Crippen molar-refractivity contribution in [1.29, 1.82) is 0 Å². The van der Waals surface area contributed by atoms with E-state index in [0.717, 1.165) is 19.3 Å². The Morgan fingerprint density at radius 3 is 3.00 bits per heavy atom. The largest absolute Gasteiger partial charge is 0.481 e. The van der Waals surface area contributed by atoms with E-state index in [1.807, 2.05) is 6.07 Å². The Morgan fingerprint density at radius 1 is 1.32 bits per heavy atom. The number of hydrogen-bond donors (Lipinski definition) is 1. The van der Waals surface area contributed by atoms with Crippen LogP contribution in [0.3, 0.4) is 0 Å². The first kappa shape index (κ1) is 14.5. The van der Waals surface area contributed by atoms with Crippen molar-refractivity contribution in [2.24, 2.45) is 0 Å². The molecule has 7 nitrogen and oxygen atoms in total. The van der Waals surface area contributed by atoms with Crippen molar-refractivity contribution < 1.29 is 14.7 Å². The second-order valence-electron chi connectivity index (χ2n) is 5.54. The summed E-state index contributed by atoms with van der Waals surface area (Å²) in [6.07, 6.45) is 6.58. The highest BCUT2D eigenvalue weighted by molar-refractivity contribution is 6.00. The summed E-state index contributed by atoms with van der Waals surface area (Å²) in [5, 5.41) is 17.0. The zero-order chi connectivity index (χ0) is 15.5. The highest BCUT2D eigenvalue weighted by Gasteiger charge is 2.29. The summed E-state index contributed by atoms with van der Waals surface area (Å²) < 4.78 is 1.43. The highest BCUT2D eigenvalue weighted by Crippen LogP contribution is 2.24. The second-order valence-corrected chi connectivity index (χ2v) is 5.54. The van der Waals surface area contributed by atoms with Gasteiger partial charge in [-0.1, -0.05) is 0 Å². The molecule has 7 heteroatoms. The van der Waals surface area contributed by atoms with Crippen LogP contribution in [0.5, 0.6) is 0 Å². The number of carbonyl (C=O) groups excluding carboxylic acids is 1. The SMILES string of the molecule is O=C(O)CCC1CCCCN1C(=O)c1cnn2ncccc12. The predicted molar refractivity (Wildman–Crippen MR) is 78.5 cm³/mol. The van der Waals surface area contributed by atoms with Gasteiger partial charge in [0.05, 0.1) is 11.8 Å². The molecule has 3 rings (SSSR count). The van der Waals surface area contributed by atoms with Crippen LogP contribution in [0.2, 0.25) is 0 Å². The van der Waals surface area contributed by atoms with Gasteiger partial charge in [0.25, 0.3) is 5.91 Å². The number of aliphatic carboxylic acids is 1. The van der Waals surface area contributed by atoms with Crippen LogP contribution < -0.4 is 0 Å². The molecule has 1 aliphatic rings. The molecule has 22 heavy (non-hydrogen) atoms. The van der Waals surface area contributed by atoms with Gasteiger partial charge < -0.3 is 10.0 Å². The fraction of sp³-hybridized carbons (Fsp3) is 0.467. The third-order valence-electron chi connectivity index (χ3n) is 4.11. The van der Waals surface area contributed by atoms with Crippen molar-refractivity contribution in [3.8, 4) is 0 Å². The van der Waals surface area contributed by atoms with Gasteiger partial charge in [0.1, 0.15) is 5.52 Å². The zero-order valence-corrected chi connectivity index (χ0v) is 12.2. The Labute approximate surface area is 127 Å². The van der Waals surface area contributed by atoms with Crippen LogP contribution in [0.1, 0.15) is 42.5 Å². The minimum absolute atomic E-state index is 0.0102. The summed E-state index contributed by atoms with van der Waals surface area (Å²) in [5.74, 6) is -0.906. The van der Waals surface area contributed by atoms with Gasteiger partial charge >= 0.3 is 5.97 Å². The normalized spacial score (nSPS) is 18.5. The van der Waals surface area contributed by atoms with Gasteiger partial charge in [-0.2, -0.15) is 14.8 Å². The molecular weight excluding hydrogens is 284 g/mol. The maximum absolute atomic E-state index is 12.8. The molecule has 0 spiro atoms. The fourth-order valence-corrected chi connectivity index (χ4v) is 3.01. The Bertz CT molecular complexity index is 697. The molecule has 1 saturated heterocycles. The maximum atomic E-state index is 12.8. The molecule has 1 aliphatic heterocycles. The van der Waals surface area contributed by atoms with Gasteiger partial charge in [-0.05, 0) is 37.8 Å². The Morgan fingerprint density at radius 2 is 2.18 bits per heavy atom. The minimum Gasteiger partial charge on any atom is -0.481 e. The fourth-order valence-electron chi connectivity index (χ4n) is 3.01. The third kappa shape index (κ3) is 2.79. The van der Waals surface area contributed by atoms with Crippen LogP contribution in [0.4, 0.5) is 0 Å². The smallest absolute Gasteiger partial charge is 0.303 e. The monoisotopic (exact) mass is 302 g/mol. The highest BCUT2D eigenvalue weighted by atomic mass is 16.4. The van der Waals surface area contributed by atoms with E-state index in [-0.39, 0.29) is 18.4 Å². The first-order valence-corrected chi connectivity index (χ1v) is 7.48. The van der Waals surface area contributed by atoms with Crippen molar-refractivity contribution in [3.63, 3.8) is 0 Å². The summed E-state index contributed by atoms with van der Waals surface area (Å²) in [4.78, 5) is 25.4. The number of fused-ring (bicyclic) bond motifs is 1. The lowest BCUT2D eigenvalue weighted by atomic mass is 9.97. The molecule has 0 saturated carbocycles. The van der Waals surface area contributed by atoms with Crippen LogP contribution in [0, 0.1) is 0 Å². The molecule has 2 aromatic rings. The summed E-state index contributed by atoms with van der Waals surface area (Å²) >= 11 is 0. The molecule has 1 atom stereocenters. The lowest BCUT2D eigenvalue weighted by Gasteiger charge is -2.35. The number of carbonyl (C=O) groups is 2. The third-order valence-corrected chi connectivity index (χ3v) is 4.11. The lowest BCUT2D eigenvalue weighted by Crippen LogP contribution is -2.43. The van der Waals surface area contributed by atoms with Gasteiger partial charge in [0.15, 0.2) is 0 Å². The minimum atomic E-state index is -0.821. The van der Waals surface area contributed by atoms with E-state index in [4.69, 9.17) is 5.11 Å².